The van der Waals surface area contributed by atoms with Crippen molar-refractivity contribution in [1.29, 1.82) is 0 Å². The van der Waals surface area contributed by atoms with Crippen molar-refractivity contribution >= 4 is 11.7 Å². The van der Waals surface area contributed by atoms with Gasteiger partial charge in [0.2, 0.25) is 5.91 Å². The summed E-state index contributed by atoms with van der Waals surface area (Å²) in [4.78, 5) is 12.2. The highest BCUT2D eigenvalue weighted by molar-refractivity contribution is 5.94. The molecular formula is C20H16F3N3O. The molecule has 0 aliphatic carbocycles. The maximum atomic E-state index is 12.8. The molecule has 1 amide bonds. The molecule has 4 rings (SSSR count). The number of nitrogens with one attached hydrogen (secondary N) is 1. The third kappa shape index (κ3) is 3.20. The van der Waals surface area contributed by atoms with Crippen LogP contribution in [0, 0.1) is 6.92 Å². The summed E-state index contributed by atoms with van der Waals surface area (Å²) < 4.78 is 40.1. The van der Waals surface area contributed by atoms with E-state index in [1.54, 1.807) is 10.9 Å². The highest BCUT2D eigenvalue weighted by Gasteiger charge is 2.33. The van der Waals surface area contributed by atoms with Gasteiger partial charge >= 0.3 is 6.18 Å². The average molecular weight is 371 g/mol. The summed E-state index contributed by atoms with van der Waals surface area (Å²) in [5.41, 5.74) is 2.64. The Kier molecular flexibility index (Phi) is 4.02. The van der Waals surface area contributed by atoms with Crippen LogP contribution in [0.15, 0.2) is 54.7 Å². The van der Waals surface area contributed by atoms with Crippen LogP contribution in [0.5, 0.6) is 0 Å². The molecule has 7 heteroatoms. The van der Waals surface area contributed by atoms with Crippen LogP contribution >= 0.6 is 0 Å². The molecule has 1 aliphatic heterocycles. The smallest absolute Gasteiger partial charge is 0.310 e. The number of hydrogen-bond donors (Lipinski definition) is 1. The predicted octanol–water partition coefficient (Wildman–Crippen LogP) is 4.67. The molecule has 2 heterocycles. The number of alkyl halides is 3. The first-order valence-electron chi connectivity index (χ1n) is 8.45. The molecular weight excluding hydrogens is 355 g/mol. The molecule has 1 aromatic heterocycles. The van der Waals surface area contributed by atoms with Gasteiger partial charge in [-0.2, -0.15) is 18.3 Å². The van der Waals surface area contributed by atoms with E-state index in [1.807, 2.05) is 31.2 Å². The van der Waals surface area contributed by atoms with Crippen molar-refractivity contribution in [2.45, 2.75) is 25.4 Å². The molecule has 1 atom stereocenters. The van der Waals surface area contributed by atoms with E-state index < -0.39 is 11.7 Å². The third-order valence-corrected chi connectivity index (χ3v) is 4.74. The summed E-state index contributed by atoms with van der Waals surface area (Å²) in [6.07, 6.45) is -2.56. The molecule has 3 aromatic rings. The molecule has 0 radical (unpaired) electrons. The maximum absolute atomic E-state index is 12.8. The number of amides is 1. The first-order chi connectivity index (χ1) is 12.8. The Morgan fingerprint density at radius 3 is 2.37 bits per heavy atom. The molecule has 1 N–H and O–H groups in total. The number of anilines is 1. The summed E-state index contributed by atoms with van der Waals surface area (Å²) in [6.45, 7) is 1.98. The number of aromatic nitrogens is 2. The van der Waals surface area contributed by atoms with Crippen LogP contribution in [0.25, 0.3) is 5.69 Å². The zero-order chi connectivity index (χ0) is 19.2. The van der Waals surface area contributed by atoms with Crippen LogP contribution in [-0.4, -0.2) is 15.7 Å². The molecule has 0 saturated carbocycles. The van der Waals surface area contributed by atoms with Gasteiger partial charge in [0.05, 0.1) is 17.4 Å². The highest BCUT2D eigenvalue weighted by Crippen LogP contribution is 2.39. The molecule has 27 heavy (non-hydrogen) atoms. The first kappa shape index (κ1) is 17.3. The van der Waals surface area contributed by atoms with Gasteiger partial charge in [-0.05, 0) is 36.8 Å². The number of carbonyl (C=O) groups excluding carboxylic acids is 1. The SMILES string of the molecule is Cc1ccc(-n2ncc3c2NC(=O)CC3c2ccc(C(F)(F)F)cc2)cc1. The van der Waals surface area contributed by atoms with Crippen molar-refractivity contribution in [2.75, 3.05) is 5.32 Å². The topological polar surface area (TPSA) is 46.9 Å². The van der Waals surface area contributed by atoms with E-state index in [0.717, 1.165) is 28.9 Å². The van der Waals surface area contributed by atoms with E-state index in [-0.39, 0.29) is 18.2 Å². The van der Waals surface area contributed by atoms with Crippen molar-refractivity contribution in [3.05, 3.63) is 77.0 Å². The van der Waals surface area contributed by atoms with Crippen LogP contribution in [-0.2, 0) is 11.0 Å². The van der Waals surface area contributed by atoms with Crippen LogP contribution in [0.1, 0.15) is 34.6 Å². The van der Waals surface area contributed by atoms with Crippen LogP contribution in [0.2, 0.25) is 0 Å². The highest BCUT2D eigenvalue weighted by atomic mass is 19.4. The maximum Gasteiger partial charge on any atom is 0.416 e. The van der Waals surface area contributed by atoms with Gasteiger partial charge in [0.15, 0.2) is 0 Å². The zero-order valence-electron chi connectivity index (χ0n) is 14.4. The molecule has 0 fully saturated rings. The average Bonchev–Trinajstić information content (AvgIpc) is 3.05. The lowest BCUT2D eigenvalue weighted by molar-refractivity contribution is -0.137. The van der Waals surface area contributed by atoms with E-state index in [1.165, 1.54) is 12.1 Å². The minimum atomic E-state index is -4.38. The number of rotatable bonds is 2. The van der Waals surface area contributed by atoms with Crippen molar-refractivity contribution in [2.24, 2.45) is 0 Å². The monoisotopic (exact) mass is 371 g/mol. The Hall–Kier alpha value is -3.09. The van der Waals surface area contributed by atoms with Gasteiger partial charge in [-0.3, -0.25) is 4.79 Å². The number of nitrogens with zero attached hydrogens (tertiary/aromatic N) is 2. The zero-order valence-corrected chi connectivity index (χ0v) is 14.4. The van der Waals surface area contributed by atoms with Crippen LogP contribution in [0.4, 0.5) is 19.0 Å². The van der Waals surface area contributed by atoms with Gasteiger partial charge in [0.1, 0.15) is 5.82 Å². The van der Waals surface area contributed by atoms with Crippen LogP contribution < -0.4 is 5.32 Å². The summed E-state index contributed by atoms with van der Waals surface area (Å²) in [7, 11) is 0. The van der Waals surface area contributed by atoms with E-state index in [2.05, 4.69) is 10.4 Å². The minimum Gasteiger partial charge on any atom is -0.310 e. The summed E-state index contributed by atoms with van der Waals surface area (Å²) >= 11 is 0. The van der Waals surface area contributed by atoms with E-state index >= 15 is 0 Å². The Morgan fingerprint density at radius 2 is 1.74 bits per heavy atom. The van der Waals surface area contributed by atoms with Crippen molar-refractivity contribution in [3.63, 3.8) is 0 Å². The Morgan fingerprint density at radius 1 is 1.07 bits per heavy atom. The largest absolute Gasteiger partial charge is 0.416 e. The van der Waals surface area contributed by atoms with Crippen molar-refractivity contribution in [1.82, 2.24) is 9.78 Å². The Balaban J connectivity index is 1.74. The number of halogens is 3. The normalized spacial score (nSPS) is 16.7. The summed E-state index contributed by atoms with van der Waals surface area (Å²) in [6, 6.07) is 12.6. The van der Waals surface area contributed by atoms with Gasteiger partial charge in [0, 0.05) is 17.9 Å². The molecule has 0 saturated heterocycles. The number of benzene rings is 2. The van der Waals surface area contributed by atoms with Gasteiger partial charge in [-0.1, -0.05) is 29.8 Å². The second-order valence-corrected chi connectivity index (χ2v) is 6.62. The quantitative estimate of drug-likeness (QED) is 0.711. The molecule has 2 aromatic carbocycles. The predicted molar refractivity (Wildman–Crippen MR) is 94.8 cm³/mol. The third-order valence-electron chi connectivity index (χ3n) is 4.74. The fraction of sp³-hybridized carbons (Fsp3) is 0.200. The van der Waals surface area contributed by atoms with Gasteiger partial charge in [-0.25, -0.2) is 4.68 Å². The lowest BCUT2D eigenvalue weighted by Gasteiger charge is -2.24. The van der Waals surface area contributed by atoms with Gasteiger partial charge < -0.3 is 5.32 Å². The van der Waals surface area contributed by atoms with Crippen molar-refractivity contribution in [3.8, 4) is 5.69 Å². The number of carbonyl (C=O) groups is 1. The second kappa shape index (κ2) is 6.26. The van der Waals surface area contributed by atoms with Crippen LogP contribution in [0.3, 0.4) is 0 Å². The minimum absolute atomic E-state index is 0.165. The Bertz CT molecular complexity index is 989. The number of aryl methyl sites for hydroxylation is 1. The standard InChI is InChI=1S/C20H16F3N3O/c1-12-2-8-15(9-3-12)26-19-17(11-24-26)16(10-18(27)25-19)13-4-6-14(7-5-13)20(21,22)23/h2-9,11,16H,10H2,1H3,(H,25,27). The lowest BCUT2D eigenvalue weighted by Crippen LogP contribution is -2.24. The summed E-state index contributed by atoms with van der Waals surface area (Å²) in [5, 5.41) is 7.23. The molecule has 1 unspecified atom stereocenters. The number of hydrogen-bond acceptors (Lipinski definition) is 2. The van der Waals surface area contributed by atoms with E-state index in [4.69, 9.17) is 0 Å². The molecule has 4 nitrogen and oxygen atoms in total. The fourth-order valence-electron chi connectivity index (χ4n) is 3.30. The van der Waals surface area contributed by atoms with E-state index in [9.17, 15) is 18.0 Å². The first-order valence-corrected chi connectivity index (χ1v) is 8.45. The van der Waals surface area contributed by atoms with E-state index in [0.29, 0.717) is 11.4 Å². The lowest BCUT2D eigenvalue weighted by atomic mass is 9.87. The van der Waals surface area contributed by atoms with Crippen molar-refractivity contribution < 1.29 is 18.0 Å². The molecule has 0 bridgehead atoms. The second-order valence-electron chi connectivity index (χ2n) is 6.62. The molecule has 1 aliphatic rings. The molecule has 0 spiro atoms. The summed E-state index contributed by atoms with van der Waals surface area (Å²) in [5.74, 6) is 0.0245. The Labute approximate surface area is 153 Å². The molecule has 138 valence electrons. The van der Waals surface area contributed by atoms with Gasteiger partial charge in [0.25, 0.3) is 0 Å². The number of fused-ring (bicyclic) bond motifs is 1. The fourth-order valence-corrected chi connectivity index (χ4v) is 3.30. The van der Waals surface area contributed by atoms with Gasteiger partial charge in [-0.15, -0.1) is 0 Å².